The van der Waals surface area contributed by atoms with Crippen LogP contribution in [-0.2, 0) is 0 Å². The second-order valence-electron chi connectivity index (χ2n) is 7.86. The average molecular weight is 466 g/mol. The highest BCUT2D eigenvalue weighted by Gasteiger charge is 2.20. The summed E-state index contributed by atoms with van der Waals surface area (Å²) in [5.74, 6) is -0.0505. The SMILES string of the molecule is CCCNC(=O)c1ccc(NC(=O)c2cc(-c3ccco3)nc3c2cnn3C(C)C)cc1Cl. The number of nitrogens with one attached hydrogen (secondary N) is 2. The van der Waals surface area contributed by atoms with Crippen molar-refractivity contribution in [3.8, 4) is 11.5 Å². The summed E-state index contributed by atoms with van der Waals surface area (Å²) >= 11 is 6.31. The molecule has 1 aromatic carbocycles. The van der Waals surface area contributed by atoms with Crippen LogP contribution in [-0.4, -0.2) is 33.1 Å². The fourth-order valence-corrected chi connectivity index (χ4v) is 3.71. The molecule has 3 aromatic heterocycles. The standard InChI is InChI=1S/C24H24ClN5O3/c1-4-9-26-23(31)16-8-7-15(11-19(16)25)28-24(32)17-12-20(21-6-5-10-33-21)29-22-18(17)13-27-30(22)14(2)3/h5-8,10-14H,4,9H2,1-3H3,(H,26,31)(H,28,32). The Kier molecular flexibility index (Phi) is 6.46. The zero-order valence-electron chi connectivity index (χ0n) is 18.6. The molecule has 9 heteroatoms. The summed E-state index contributed by atoms with van der Waals surface area (Å²) in [6.07, 6.45) is 4.02. The van der Waals surface area contributed by atoms with Gasteiger partial charge in [0.15, 0.2) is 11.4 Å². The summed E-state index contributed by atoms with van der Waals surface area (Å²) in [4.78, 5) is 30.2. The molecule has 0 aliphatic heterocycles. The first-order chi connectivity index (χ1) is 15.9. The van der Waals surface area contributed by atoms with Crippen LogP contribution in [0, 0.1) is 0 Å². The molecule has 0 saturated carbocycles. The fourth-order valence-electron chi connectivity index (χ4n) is 3.44. The minimum absolute atomic E-state index is 0.0583. The van der Waals surface area contributed by atoms with E-state index in [2.05, 4.69) is 20.7 Å². The molecule has 0 atom stereocenters. The third kappa shape index (κ3) is 4.61. The van der Waals surface area contributed by atoms with Gasteiger partial charge in [-0.2, -0.15) is 5.10 Å². The molecule has 4 aromatic rings. The molecule has 170 valence electrons. The highest BCUT2D eigenvalue weighted by atomic mass is 35.5. The predicted octanol–water partition coefficient (Wildman–Crippen LogP) is 5.32. The number of anilines is 1. The molecule has 0 bridgehead atoms. The number of rotatable bonds is 7. The van der Waals surface area contributed by atoms with Gasteiger partial charge in [0.25, 0.3) is 11.8 Å². The maximum absolute atomic E-state index is 13.3. The van der Waals surface area contributed by atoms with Crippen molar-refractivity contribution in [3.63, 3.8) is 0 Å². The molecule has 8 nitrogen and oxygen atoms in total. The van der Waals surface area contributed by atoms with Gasteiger partial charge in [0.1, 0.15) is 5.69 Å². The van der Waals surface area contributed by atoms with Crippen molar-refractivity contribution in [1.82, 2.24) is 20.1 Å². The lowest BCUT2D eigenvalue weighted by Crippen LogP contribution is -2.24. The minimum atomic E-state index is -0.349. The van der Waals surface area contributed by atoms with Crippen LogP contribution in [0.1, 0.15) is 53.9 Å². The number of aromatic nitrogens is 3. The topological polar surface area (TPSA) is 102 Å². The van der Waals surface area contributed by atoms with Crippen LogP contribution < -0.4 is 10.6 Å². The van der Waals surface area contributed by atoms with Crippen LogP contribution in [0.5, 0.6) is 0 Å². The van der Waals surface area contributed by atoms with E-state index in [4.69, 9.17) is 16.0 Å². The van der Waals surface area contributed by atoms with Crippen LogP contribution in [0.2, 0.25) is 5.02 Å². The first kappa shape index (κ1) is 22.5. The van der Waals surface area contributed by atoms with E-state index in [1.165, 1.54) is 0 Å². The number of furan rings is 1. The monoisotopic (exact) mass is 465 g/mol. The molecule has 0 radical (unpaired) electrons. The molecule has 2 amide bonds. The highest BCUT2D eigenvalue weighted by molar-refractivity contribution is 6.34. The Labute approximate surface area is 195 Å². The third-order valence-electron chi connectivity index (χ3n) is 5.08. The Bertz CT molecular complexity index is 1310. The van der Waals surface area contributed by atoms with Gasteiger partial charge in [-0.15, -0.1) is 0 Å². The largest absolute Gasteiger partial charge is 0.463 e. The first-order valence-electron chi connectivity index (χ1n) is 10.7. The van der Waals surface area contributed by atoms with E-state index in [1.54, 1.807) is 53.5 Å². The quantitative estimate of drug-likeness (QED) is 0.384. The van der Waals surface area contributed by atoms with Gasteiger partial charge >= 0.3 is 0 Å². The summed E-state index contributed by atoms with van der Waals surface area (Å²) in [5, 5.41) is 10.9. The minimum Gasteiger partial charge on any atom is -0.463 e. The van der Waals surface area contributed by atoms with E-state index in [9.17, 15) is 9.59 Å². The molecule has 33 heavy (non-hydrogen) atoms. The lowest BCUT2D eigenvalue weighted by molar-refractivity contribution is 0.0953. The highest BCUT2D eigenvalue weighted by Crippen LogP contribution is 2.28. The molecule has 0 saturated heterocycles. The maximum Gasteiger partial charge on any atom is 0.256 e. The van der Waals surface area contributed by atoms with E-state index in [0.717, 1.165) is 6.42 Å². The van der Waals surface area contributed by atoms with Gasteiger partial charge < -0.3 is 15.1 Å². The number of fused-ring (bicyclic) bond motifs is 1. The van der Waals surface area contributed by atoms with Gasteiger partial charge in [-0.25, -0.2) is 9.67 Å². The number of carbonyl (C=O) groups excluding carboxylic acids is 2. The zero-order chi connectivity index (χ0) is 23.5. The van der Waals surface area contributed by atoms with Gasteiger partial charge in [0.05, 0.1) is 34.0 Å². The fraction of sp³-hybridized carbons (Fsp3) is 0.250. The number of benzene rings is 1. The zero-order valence-corrected chi connectivity index (χ0v) is 19.3. The van der Waals surface area contributed by atoms with E-state index < -0.39 is 0 Å². The molecule has 0 aliphatic carbocycles. The van der Waals surface area contributed by atoms with Gasteiger partial charge in [-0.3, -0.25) is 9.59 Å². The van der Waals surface area contributed by atoms with Crippen molar-refractivity contribution in [3.05, 3.63) is 65.0 Å². The summed E-state index contributed by atoms with van der Waals surface area (Å²) in [5.41, 5.74) is 2.34. The summed E-state index contributed by atoms with van der Waals surface area (Å²) in [6.45, 7) is 6.52. The Balaban J connectivity index is 1.68. The van der Waals surface area contributed by atoms with Crippen LogP contribution in [0.15, 0.2) is 53.3 Å². The molecular formula is C24H24ClN5O3. The van der Waals surface area contributed by atoms with E-state index in [0.29, 0.717) is 45.8 Å². The number of nitrogens with zero attached hydrogens (tertiary/aromatic N) is 3. The van der Waals surface area contributed by atoms with Crippen LogP contribution >= 0.6 is 11.6 Å². The van der Waals surface area contributed by atoms with Crippen LogP contribution in [0.3, 0.4) is 0 Å². The average Bonchev–Trinajstić information content (AvgIpc) is 3.46. The summed E-state index contributed by atoms with van der Waals surface area (Å²) in [7, 11) is 0. The molecule has 4 rings (SSSR count). The molecule has 3 heterocycles. The van der Waals surface area contributed by atoms with E-state index in [-0.39, 0.29) is 22.9 Å². The Hall–Kier alpha value is -3.65. The number of hydrogen-bond acceptors (Lipinski definition) is 5. The van der Waals surface area contributed by atoms with Crippen molar-refractivity contribution in [2.45, 2.75) is 33.2 Å². The number of hydrogen-bond donors (Lipinski definition) is 2. The van der Waals surface area contributed by atoms with E-state index >= 15 is 0 Å². The Morgan fingerprint density at radius 1 is 1.15 bits per heavy atom. The Morgan fingerprint density at radius 3 is 2.64 bits per heavy atom. The predicted molar refractivity (Wildman–Crippen MR) is 128 cm³/mol. The molecule has 0 fully saturated rings. The number of pyridine rings is 1. The van der Waals surface area contributed by atoms with Crippen LogP contribution in [0.4, 0.5) is 5.69 Å². The number of carbonyl (C=O) groups is 2. The number of halogens is 1. The van der Waals surface area contributed by atoms with Gasteiger partial charge in [0, 0.05) is 18.3 Å². The van der Waals surface area contributed by atoms with Gasteiger partial charge in [-0.1, -0.05) is 18.5 Å². The Morgan fingerprint density at radius 2 is 1.97 bits per heavy atom. The second kappa shape index (κ2) is 9.46. The van der Waals surface area contributed by atoms with Crippen molar-refractivity contribution >= 4 is 40.1 Å². The smallest absolute Gasteiger partial charge is 0.256 e. The molecular weight excluding hydrogens is 442 g/mol. The van der Waals surface area contributed by atoms with Crippen LogP contribution in [0.25, 0.3) is 22.5 Å². The lowest BCUT2D eigenvalue weighted by atomic mass is 10.1. The first-order valence-corrected chi connectivity index (χ1v) is 11.1. The van der Waals surface area contributed by atoms with Gasteiger partial charge in [0.2, 0.25) is 0 Å². The van der Waals surface area contributed by atoms with Crippen molar-refractivity contribution in [2.24, 2.45) is 0 Å². The van der Waals surface area contributed by atoms with Crippen molar-refractivity contribution in [1.29, 1.82) is 0 Å². The molecule has 0 spiro atoms. The lowest BCUT2D eigenvalue weighted by Gasteiger charge is -2.11. The number of amides is 2. The van der Waals surface area contributed by atoms with Crippen molar-refractivity contribution in [2.75, 3.05) is 11.9 Å². The normalized spacial score (nSPS) is 11.2. The van der Waals surface area contributed by atoms with E-state index in [1.807, 2.05) is 20.8 Å². The summed E-state index contributed by atoms with van der Waals surface area (Å²) < 4.78 is 7.26. The molecule has 0 aliphatic rings. The molecule has 0 unspecified atom stereocenters. The maximum atomic E-state index is 13.3. The molecule has 2 N–H and O–H groups in total. The third-order valence-corrected chi connectivity index (χ3v) is 5.39. The summed E-state index contributed by atoms with van der Waals surface area (Å²) in [6, 6.07) is 10.1. The van der Waals surface area contributed by atoms with Gasteiger partial charge in [-0.05, 0) is 56.7 Å². The van der Waals surface area contributed by atoms with Crippen molar-refractivity contribution < 1.29 is 14.0 Å². The second-order valence-corrected chi connectivity index (χ2v) is 8.26.